The SMILES string of the molecule is [C-]#CC.[Pr+3]. The van der Waals surface area contributed by atoms with Crippen LogP contribution in [0.25, 0.3) is 0 Å². The molecule has 4 heavy (non-hydrogen) atoms. The molecule has 0 spiro atoms. The van der Waals surface area contributed by atoms with Crippen molar-refractivity contribution in [1.82, 2.24) is 0 Å². The van der Waals surface area contributed by atoms with Gasteiger partial charge in [0.1, 0.15) is 0 Å². The van der Waals surface area contributed by atoms with E-state index in [0.717, 1.165) is 0 Å². The summed E-state index contributed by atoms with van der Waals surface area (Å²) < 4.78 is 0. The van der Waals surface area contributed by atoms with Crippen LogP contribution < -0.4 is 0 Å². The molecule has 0 unspecified atom stereocenters. The molecule has 0 N–H and O–H groups in total. The van der Waals surface area contributed by atoms with Gasteiger partial charge in [-0.3, -0.25) is 0 Å². The van der Waals surface area contributed by atoms with Gasteiger partial charge in [-0.05, 0) is 6.92 Å². The average molecular weight is 180 g/mol. The quantitative estimate of drug-likeness (QED) is 0.378. The second-order valence-electron chi connectivity index (χ2n) is 0.250. The van der Waals surface area contributed by atoms with Gasteiger partial charge in [0.05, 0.1) is 0 Å². The largest absolute Gasteiger partial charge is 3.00 e. The molecule has 0 aliphatic carbocycles. The van der Waals surface area contributed by atoms with E-state index in [4.69, 9.17) is 6.42 Å². The molecule has 0 aliphatic heterocycles. The van der Waals surface area contributed by atoms with Gasteiger partial charge in [0.15, 0.2) is 0 Å². The van der Waals surface area contributed by atoms with Gasteiger partial charge in [-0.1, -0.05) is 0 Å². The summed E-state index contributed by atoms with van der Waals surface area (Å²) in [4.78, 5) is 0. The van der Waals surface area contributed by atoms with E-state index < -0.39 is 0 Å². The minimum absolute atomic E-state index is 0. The van der Waals surface area contributed by atoms with Crippen molar-refractivity contribution >= 4 is 0 Å². The molecule has 0 nitrogen and oxygen atoms in total. The molecule has 0 aromatic heterocycles. The van der Waals surface area contributed by atoms with E-state index in [1.54, 1.807) is 6.92 Å². The molecule has 16 valence electrons. The zero-order chi connectivity index (χ0) is 2.71. The van der Waals surface area contributed by atoms with Gasteiger partial charge in [0, 0.05) is 0 Å². The maximum absolute atomic E-state index is 5.96. The Hall–Kier alpha value is 0.924. The monoisotopic (exact) mass is 180 g/mol. The predicted octanol–water partition coefficient (Wildman–Crippen LogP) is 0.596. The summed E-state index contributed by atoms with van der Waals surface area (Å²) in [6.45, 7) is 1.54. The molecule has 0 aromatic rings. The normalized spacial score (nSPS) is 2.00. The molecule has 0 rings (SSSR count). The second-order valence-corrected chi connectivity index (χ2v) is 0.250. The number of hydrogen-bond donors (Lipinski definition) is 0. The maximum Gasteiger partial charge on any atom is 3.00 e. The Morgan fingerprint density at radius 2 is 1.75 bits per heavy atom. The Morgan fingerprint density at radius 3 is 1.75 bits per heavy atom. The Labute approximate surface area is 59.9 Å². The van der Waals surface area contributed by atoms with E-state index in [9.17, 15) is 0 Å². The standard InChI is InChI=1S/C3H3.Pr/c1-3-2;/h1H3;/q-1;+3. The smallest absolute Gasteiger partial charge is 0.694 e. The van der Waals surface area contributed by atoms with E-state index in [1.807, 2.05) is 5.92 Å². The third-order valence-corrected chi connectivity index (χ3v) is 0. The third-order valence-electron chi connectivity index (χ3n) is 0. The van der Waals surface area contributed by atoms with E-state index in [0.29, 0.717) is 0 Å². The van der Waals surface area contributed by atoms with Crippen molar-refractivity contribution in [3.8, 4) is 5.92 Å². The van der Waals surface area contributed by atoms with Crippen molar-refractivity contribution in [2.24, 2.45) is 0 Å². The molecule has 0 saturated heterocycles. The fourth-order valence-corrected chi connectivity index (χ4v) is 0. The molecule has 0 bridgehead atoms. The van der Waals surface area contributed by atoms with Crippen LogP contribution in [-0.4, -0.2) is 0 Å². The van der Waals surface area contributed by atoms with Crippen LogP contribution in [0.15, 0.2) is 0 Å². The van der Waals surface area contributed by atoms with Crippen molar-refractivity contribution < 1.29 is 41.3 Å². The molecular formula is C3H3Pr+2. The zero-order valence-corrected chi connectivity index (χ0v) is 6.28. The topological polar surface area (TPSA) is 0 Å². The van der Waals surface area contributed by atoms with Crippen LogP contribution in [0, 0.1) is 53.6 Å². The van der Waals surface area contributed by atoms with Crippen LogP contribution in [0.4, 0.5) is 0 Å². The van der Waals surface area contributed by atoms with E-state index in [-0.39, 0.29) is 41.3 Å². The summed E-state index contributed by atoms with van der Waals surface area (Å²) in [6, 6.07) is 0. The Kier molecular flexibility index (Phi) is 20.1. The molecule has 0 heterocycles. The number of rotatable bonds is 0. The fraction of sp³-hybridized carbons (Fsp3) is 0.333. The summed E-state index contributed by atoms with van der Waals surface area (Å²) in [5, 5.41) is 0. The van der Waals surface area contributed by atoms with E-state index in [2.05, 4.69) is 0 Å². The van der Waals surface area contributed by atoms with Crippen LogP contribution in [-0.2, 0) is 0 Å². The van der Waals surface area contributed by atoms with Crippen molar-refractivity contribution in [3.05, 3.63) is 6.42 Å². The first-order valence-corrected chi connectivity index (χ1v) is 0.750. The fourth-order valence-electron chi connectivity index (χ4n) is 0. The van der Waals surface area contributed by atoms with Crippen LogP contribution in [0.2, 0.25) is 0 Å². The van der Waals surface area contributed by atoms with Gasteiger partial charge in [0.2, 0.25) is 0 Å². The van der Waals surface area contributed by atoms with Crippen molar-refractivity contribution in [3.63, 3.8) is 0 Å². The Bertz CT molecular complexity index is 24.8. The zero-order valence-electron chi connectivity index (χ0n) is 2.58. The Balaban J connectivity index is 0. The van der Waals surface area contributed by atoms with E-state index >= 15 is 0 Å². The summed E-state index contributed by atoms with van der Waals surface area (Å²) in [5.74, 6) is 2.00. The first-order valence-electron chi connectivity index (χ1n) is 0.750. The molecular weight excluding hydrogens is 177 g/mol. The van der Waals surface area contributed by atoms with Gasteiger partial charge < -0.3 is 12.3 Å². The minimum Gasteiger partial charge on any atom is -0.694 e. The van der Waals surface area contributed by atoms with Crippen LogP contribution in [0.1, 0.15) is 6.92 Å². The first kappa shape index (κ1) is 8.87. The van der Waals surface area contributed by atoms with Crippen molar-refractivity contribution in [1.29, 1.82) is 0 Å². The summed E-state index contributed by atoms with van der Waals surface area (Å²) >= 11 is 0. The molecule has 0 atom stereocenters. The summed E-state index contributed by atoms with van der Waals surface area (Å²) in [5.41, 5.74) is 0. The Morgan fingerprint density at radius 1 is 1.75 bits per heavy atom. The van der Waals surface area contributed by atoms with Crippen LogP contribution in [0.3, 0.4) is 0 Å². The summed E-state index contributed by atoms with van der Waals surface area (Å²) in [7, 11) is 0. The van der Waals surface area contributed by atoms with Gasteiger partial charge in [-0.15, -0.1) is 0 Å². The van der Waals surface area contributed by atoms with Crippen LogP contribution in [0.5, 0.6) is 0 Å². The molecule has 0 aliphatic rings. The van der Waals surface area contributed by atoms with Gasteiger partial charge in [-0.2, -0.15) is 0 Å². The maximum atomic E-state index is 5.96. The minimum atomic E-state index is 0. The molecule has 0 saturated carbocycles. The molecule has 0 fully saturated rings. The van der Waals surface area contributed by atoms with Crippen LogP contribution >= 0.6 is 0 Å². The second kappa shape index (κ2) is 9.06. The third kappa shape index (κ3) is 12.7. The predicted molar refractivity (Wildman–Crippen MR) is 12.8 cm³/mol. The molecule has 0 aromatic carbocycles. The molecule has 1 heteroatoms. The van der Waals surface area contributed by atoms with Crippen molar-refractivity contribution in [2.45, 2.75) is 6.92 Å². The summed E-state index contributed by atoms with van der Waals surface area (Å²) in [6.07, 6.45) is 5.96. The first-order chi connectivity index (χ1) is 1.41. The van der Waals surface area contributed by atoms with E-state index in [1.165, 1.54) is 0 Å². The molecule has 0 radical (unpaired) electrons. The van der Waals surface area contributed by atoms with Gasteiger partial charge in [-0.25, -0.2) is 0 Å². The number of hydrogen-bond acceptors (Lipinski definition) is 0. The van der Waals surface area contributed by atoms with Crippen molar-refractivity contribution in [2.75, 3.05) is 0 Å². The molecule has 0 amide bonds. The van der Waals surface area contributed by atoms with Gasteiger partial charge >= 0.3 is 41.3 Å². The van der Waals surface area contributed by atoms with Gasteiger partial charge in [0.25, 0.3) is 0 Å². The average Bonchev–Trinajstić information content (AvgIpc) is 0.918.